The van der Waals surface area contributed by atoms with Gasteiger partial charge in [0.25, 0.3) is 0 Å². The number of benzene rings is 1. The number of aryl methyl sites for hydroxylation is 1. The van der Waals surface area contributed by atoms with Gasteiger partial charge in [0.1, 0.15) is 0 Å². The van der Waals surface area contributed by atoms with E-state index in [0.717, 1.165) is 11.3 Å². The van der Waals surface area contributed by atoms with E-state index in [1.54, 1.807) is 10.9 Å². The average molecular weight is 231 g/mol. The normalized spacial score (nSPS) is 10.2. The average Bonchev–Trinajstić information content (AvgIpc) is 2.85. The maximum atomic E-state index is 11.1. The fourth-order valence-corrected chi connectivity index (χ4v) is 1.55. The molecule has 2 rings (SSSR count). The van der Waals surface area contributed by atoms with Gasteiger partial charge in [-0.05, 0) is 0 Å². The zero-order chi connectivity index (χ0) is 12.1. The van der Waals surface area contributed by atoms with E-state index in [1.165, 1.54) is 7.11 Å². The summed E-state index contributed by atoms with van der Waals surface area (Å²) in [6, 6.07) is 9.81. The molecule has 1 aromatic carbocycles. The van der Waals surface area contributed by atoms with E-state index in [0.29, 0.717) is 13.0 Å². The molecule has 0 N–H and O–H groups in total. The first-order chi connectivity index (χ1) is 8.31. The van der Waals surface area contributed by atoms with Gasteiger partial charge in [-0.15, -0.1) is 5.10 Å². The Bertz CT molecular complexity index is 493. The first-order valence-corrected chi connectivity index (χ1v) is 5.32. The van der Waals surface area contributed by atoms with Crippen LogP contribution >= 0.6 is 0 Å². The van der Waals surface area contributed by atoms with Gasteiger partial charge < -0.3 is 4.74 Å². The number of aromatic nitrogens is 3. The number of esters is 1. The number of carbonyl (C=O) groups excluding carboxylic acids is 1. The van der Waals surface area contributed by atoms with Gasteiger partial charge in [-0.3, -0.25) is 4.79 Å². The van der Waals surface area contributed by atoms with Crippen molar-refractivity contribution in [3.05, 3.63) is 36.5 Å². The van der Waals surface area contributed by atoms with Crippen molar-refractivity contribution in [1.29, 1.82) is 0 Å². The van der Waals surface area contributed by atoms with Crippen LogP contribution in [0.1, 0.15) is 6.42 Å². The van der Waals surface area contributed by atoms with Crippen molar-refractivity contribution >= 4 is 5.97 Å². The molecule has 0 radical (unpaired) electrons. The summed E-state index contributed by atoms with van der Waals surface area (Å²) in [5, 5.41) is 7.82. The third-order valence-electron chi connectivity index (χ3n) is 2.44. The Morgan fingerprint density at radius 3 is 2.82 bits per heavy atom. The van der Waals surface area contributed by atoms with Gasteiger partial charge in [0.05, 0.1) is 32.0 Å². The van der Waals surface area contributed by atoms with Crippen LogP contribution in [0.4, 0.5) is 0 Å². The maximum absolute atomic E-state index is 11.1. The number of rotatable bonds is 4. The quantitative estimate of drug-likeness (QED) is 0.748. The Hall–Kier alpha value is -2.17. The fourth-order valence-electron chi connectivity index (χ4n) is 1.55. The molecule has 2 aromatic rings. The van der Waals surface area contributed by atoms with E-state index in [4.69, 9.17) is 0 Å². The number of hydrogen-bond acceptors (Lipinski definition) is 4. The lowest BCUT2D eigenvalue weighted by molar-refractivity contribution is -0.140. The van der Waals surface area contributed by atoms with Crippen LogP contribution in [-0.4, -0.2) is 28.1 Å². The van der Waals surface area contributed by atoms with Crippen molar-refractivity contribution in [2.45, 2.75) is 13.0 Å². The predicted molar refractivity (Wildman–Crippen MR) is 62.1 cm³/mol. The molecule has 0 saturated carbocycles. The summed E-state index contributed by atoms with van der Waals surface area (Å²) in [5.41, 5.74) is 1.93. The highest BCUT2D eigenvalue weighted by Crippen LogP contribution is 2.17. The molecule has 0 aliphatic heterocycles. The summed E-state index contributed by atoms with van der Waals surface area (Å²) in [4.78, 5) is 11.1. The minimum absolute atomic E-state index is 0.250. The molecule has 5 nitrogen and oxygen atoms in total. The Labute approximate surface area is 99.0 Å². The van der Waals surface area contributed by atoms with Crippen molar-refractivity contribution in [2.75, 3.05) is 7.11 Å². The molecule has 0 aliphatic carbocycles. The van der Waals surface area contributed by atoms with Crippen molar-refractivity contribution in [1.82, 2.24) is 15.0 Å². The Morgan fingerprint density at radius 2 is 2.12 bits per heavy atom. The van der Waals surface area contributed by atoms with E-state index in [9.17, 15) is 4.79 Å². The van der Waals surface area contributed by atoms with Crippen LogP contribution in [0.5, 0.6) is 0 Å². The summed E-state index contributed by atoms with van der Waals surface area (Å²) >= 11 is 0. The number of carbonyl (C=O) groups is 1. The van der Waals surface area contributed by atoms with Gasteiger partial charge >= 0.3 is 5.97 Å². The molecular formula is C12H13N3O2. The summed E-state index contributed by atoms with van der Waals surface area (Å²) < 4.78 is 6.29. The lowest BCUT2D eigenvalue weighted by Crippen LogP contribution is -2.09. The minimum Gasteiger partial charge on any atom is -0.469 e. The van der Waals surface area contributed by atoms with E-state index in [1.807, 2.05) is 30.3 Å². The highest BCUT2D eigenvalue weighted by Gasteiger charge is 2.08. The fraction of sp³-hybridized carbons (Fsp3) is 0.250. The van der Waals surface area contributed by atoms with Crippen LogP contribution in [0.2, 0.25) is 0 Å². The third-order valence-corrected chi connectivity index (χ3v) is 2.44. The Kier molecular flexibility index (Phi) is 3.49. The van der Waals surface area contributed by atoms with Crippen LogP contribution in [-0.2, 0) is 16.1 Å². The van der Waals surface area contributed by atoms with Crippen LogP contribution in [0.25, 0.3) is 11.3 Å². The first kappa shape index (κ1) is 11.3. The molecule has 88 valence electrons. The molecule has 0 fully saturated rings. The Balaban J connectivity index is 2.15. The summed E-state index contributed by atoms with van der Waals surface area (Å²) in [5.74, 6) is -0.250. The number of methoxy groups -OCH3 is 1. The lowest BCUT2D eigenvalue weighted by atomic mass is 10.2. The zero-order valence-corrected chi connectivity index (χ0v) is 9.54. The monoisotopic (exact) mass is 231 g/mol. The van der Waals surface area contributed by atoms with Gasteiger partial charge in [0, 0.05) is 5.56 Å². The van der Waals surface area contributed by atoms with Crippen LogP contribution < -0.4 is 0 Å². The number of nitrogens with zero attached hydrogens (tertiary/aromatic N) is 3. The van der Waals surface area contributed by atoms with Crippen LogP contribution in [0.15, 0.2) is 36.5 Å². The molecule has 0 bridgehead atoms. The molecule has 0 amide bonds. The lowest BCUT2D eigenvalue weighted by Gasteiger charge is -2.05. The second-order valence-corrected chi connectivity index (χ2v) is 3.53. The van der Waals surface area contributed by atoms with Gasteiger partial charge in [-0.25, -0.2) is 4.68 Å². The first-order valence-electron chi connectivity index (χ1n) is 5.32. The van der Waals surface area contributed by atoms with Crippen molar-refractivity contribution < 1.29 is 9.53 Å². The van der Waals surface area contributed by atoms with E-state index >= 15 is 0 Å². The van der Waals surface area contributed by atoms with Crippen molar-refractivity contribution in [2.24, 2.45) is 0 Å². The van der Waals surface area contributed by atoms with Crippen molar-refractivity contribution in [3.63, 3.8) is 0 Å². The second-order valence-electron chi connectivity index (χ2n) is 3.53. The molecule has 0 spiro atoms. The molecule has 17 heavy (non-hydrogen) atoms. The van der Waals surface area contributed by atoms with Gasteiger partial charge in [0.15, 0.2) is 0 Å². The molecule has 5 heteroatoms. The van der Waals surface area contributed by atoms with Gasteiger partial charge in [-0.2, -0.15) is 0 Å². The maximum Gasteiger partial charge on any atom is 0.307 e. The second kappa shape index (κ2) is 5.25. The standard InChI is InChI=1S/C12H13N3O2/c1-17-12(16)7-8-15-11(9-13-14-15)10-5-3-2-4-6-10/h2-6,9H,7-8H2,1H3. The SMILES string of the molecule is COC(=O)CCn1nncc1-c1ccccc1. The Morgan fingerprint density at radius 1 is 1.35 bits per heavy atom. The molecule has 0 unspecified atom stereocenters. The minimum atomic E-state index is -0.250. The zero-order valence-electron chi connectivity index (χ0n) is 9.54. The largest absolute Gasteiger partial charge is 0.469 e. The third kappa shape index (κ3) is 2.69. The van der Waals surface area contributed by atoms with E-state index in [-0.39, 0.29) is 5.97 Å². The predicted octanol–water partition coefficient (Wildman–Crippen LogP) is 1.51. The van der Waals surface area contributed by atoms with E-state index in [2.05, 4.69) is 15.0 Å². The molecule has 1 heterocycles. The van der Waals surface area contributed by atoms with Gasteiger partial charge in [0.2, 0.25) is 0 Å². The summed E-state index contributed by atoms with van der Waals surface area (Å²) in [6.45, 7) is 0.469. The molecule has 0 atom stereocenters. The topological polar surface area (TPSA) is 57.0 Å². The molecular weight excluding hydrogens is 218 g/mol. The van der Waals surface area contributed by atoms with E-state index < -0.39 is 0 Å². The summed E-state index contributed by atoms with van der Waals surface area (Å²) in [6.07, 6.45) is 1.98. The van der Waals surface area contributed by atoms with Crippen molar-refractivity contribution in [3.8, 4) is 11.3 Å². The molecule has 0 saturated heterocycles. The summed E-state index contributed by atoms with van der Waals surface area (Å²) in [7, 11) is 1.38. The van der Waals surface area contributed by atoms with Crippen LogP contribution in [0, 0.1) is 0 Å². The van der Waals surface area contributed by atoms with Gasteiger partial charge in [-0.1, -0.05) is 35.5 Å². The smallest absolute Gasteiger partial charge is 0.307 e. The highest BCUT2D eigenvalue weighted by molar-refractivity contribution is 5.69. The van der Waals surface area contributed by atoms with Crippen LogP contribution in [0.3, 0.4) is 0 Å². The molecule has 0 aliphatic rings. The number of hydrogen-bond donors (Lipinski definition) is 0. The molecule has 1 aromatic heterocycles. The number of ether oxygens (including phenoxy) is 1. The highest BCUT2D eigenvalue weighted by atomic mass is 16.5.